The first-order valence-electron chi connectivity index (χ1n) is 7.53. The first-order valence-corrected chi connectivity index (χ1v) is 9.18. The smallest absolute Gasteiger partial charge is 0.240 e. The van der Waals surface area contributed by atoms with E-state index in [0.717, 1.165) is 5.56 Å². The van der Waals surface area contributed by atoms with Crippen molar-refractivity contribution in [2.24, 2.45) is 0 Å². The molecule has 0 bridgehead atoms. The molecule has 2 aromatic carbocycles. The molecule has 124 valence electrons. The Morgan fingerprint density at radius 1 is 1.12 bits per heavy atom. The fourth-order valence-corrected chi connectivity index (χ4v) is 3.57. The largest absolute Gasteiger partial charge is 0.273 e. The van der Waals surface area contributed by atoms with Crippen LogP contribution >= 0.6 is 0 Å². The number of sulfonamides is 1. The predicted octanol–water partition coefficient (Wildman–Crippen LogP) is 2.70. The number of benzene rings is 2. The van der Waals surface area contributed by atoms with E-state index >= 15 is 0 Å². The van der Waals surface area contributed by atoms with Crippen molar-refractivity contribution in [1.82, 2.24) is 4.72 Å². The summed E-state index contributed by atoms with van der Waals surface area (Å²) in [5, 5.41) is 8.75. The minimum absolute atomic E-state index is 0.310. The van der Waals surface area contributed by atoms with Crippen molar-refractivity contribution in [2.45, 2.75) is 25.0 Å². The van der Waals surface area contributed by atoms with Crippen LogP contribution in [-0.4, -0.2) is 14.3 Å². The molecule has 6 heteroatoms. The lowest BCUT2D eigenvalue weighted by Gasteiger charge is -2.15. The van der Waals surface area contributed by atoms with Crippen LogP contribution in [0.15, 0.2) is 54.6 Å². The Balaban J connectivity index is 2.09. The van der Waals surface area contributed by atoms with Crippen LogP contribution in [0.3, 0.4) is 0 Å². The van der Waals surface area contributed by atoms with Gasteiger partial charge in [-0.05, 0) is 29.7 Å². The molecule has 0 spiro atoms. The van der Waals surface area contributed by atoms with Crippen LogP contribution in [0, 0.1) is 11.3 Å². The topological polar surface area (TPSA) is 87.0 Å². The van der Waals surface area contributed by atoms with Gasteiger partial charge in [-0.15, -0.1) is 0 Å². The first-order chi connectivity index (χ1) is 11.4. The number of nitrogens with zero attached hydrogens (tertiary/aromatic N) is 1. The maximum Gasteiger partial charge on any atom is 0.240 e. The third-order valence-electron chi connectivity index (χ3n) is 3.62. The SMILES string of the molecule is CCC(C(=O)NS(=O)(=O)Cc1ccc(C#N)cc1)c1ccccc1. The van der Waals surface area contributed by atoms with Crippen molar-refractivity contribution in [3.63, 3.8) is 0 Å². The number of carbonyl (C=O) groups is 1. The Morgan fingerprint density at radius 3 is 2.29 bits per heavy atom. The standard InChI is InChI=1S/C18H18N2O3S/c1-2-17(16-6-4-3-5-7-16)18(21)20-24(22,23)13-15-10-8-14(12-19)9-11-15/h3-11,17H,2,13H2,1H3,(H,20,21). The van der Waals surface area contributed by atoms with Crippen molar-refractivity contribution in [3.05, 3.63) is 71.3 Å². The van der Waals surface area contributed by atoms with Gasteiger partial charge in [-0.25, -0.2) is 8.42 Å². The van der Waals surface area contributed by atoms with Gasteiger partial charge < -0.3 is 0 Å². The summed E-state index contributed by atoms with van der Waals surface area (Å²) in [5.74, 6) is -1.35. The highest BCUT2D eigenvalue weighted by Crippen LogP contribution is 2.20. The Labute approximate surface area is 142 Å². The van der Waals surface area contributed by atoms with Crippen LogP contribution < -0.4 is 4.72 Å². The highest BCUT2D eigenvalue weighted by Gasteiger charge is 2.23. The zero-order valence-electron chi connectivity index (χ0n) is 13.3. The summed E-state index contributed by atoms with van der Waals surface area (Å²) in [6.45, 7) is 1.84. The molecule has 0 fully saturated rings. The second-order valence-electron chi connectivity index (χ2n) is 5.41. The Hall–Kier alpha value is -2.65. The van der Waals surface area contributed by atoms with Gasteiger partial charge >= 0.3 is 0 Å². The van der Waals surface area contributed by atoms with Gasteiger partial charge in [-0.1, -0.05) is 49.4 Å². The molecule has 0 saturated heterocycles. The molecule has 1 N–H and O–H groups in total. The zero-order chi connectivity index (χ0) is 17.6. The number of hydrogen-bond acceptors (Lipinski definition) is 4. The Kier molecular flexibility index (Phi) is 5.72. The van der Waals surface area contributed by atoms with Crippen LogP contribution in [0.5, 0.6) is 0 Å². The van der Waals surface area contributed by atoms with Gasteiger partial charge in [0.05, 0.1) is 23.3 Å². The third-order valence-corrected chi connectivity index (χ3v) is 4.85. The van der Waals surface area contributed by atoms with E-state index in [1.165, 1.54) is 0 Å². The highest BCUT2D eigenvalue weighted by molar-refractivity contribution is 7.89. The van der Waals surface area contributed by atoms with Gasteiger partial charge in [-0.2, -0.15) is 5.26 Å². The van der Waals surface area contributed by atoms with E-state index in [4.69, 9.17) is 5.26 Å². The lowest BCUT2D eigenvalue weighted by Crippen LogP contribution is -2.35. The number of nitriles is 1. The fourth-order valence-electron chi connectivity index (χ4n) is 2.41. The van der Waals surface area contributed by atoms with Crippen molar-refractivity contribution in [2.75, 3.05) is 0 Å². The van der Waals surface area contributed by atoms with Gasteiger partial charge in [0.15, 0.2) is 0 Å². The number of carbonyl (C=O) groups excluding carboxylic acids is 1. The maximum atomic E-state index is 12.3. The quantitative estimate of drug-likeness (QED) is 0.874. The molecular weight excluding hydrogens is 324 g/mol. The molecule has 0 radical (unpaired) electrons. The molecule has 1 atom stereocenters. The van der Waals surface area contributed by atoms with E-state index in [2.05, 4.69) is 4.72 Å². The van der Waals surface area contributed by atoms with E-state index in [9.17, 15) is 13.2 Å². The van der Waals surface area contributed by atoms with Crippen molar-refractivity contribution >= 4 is 15.9 Å². The molecule has 0 heterocycles. The summed E-state index contributed by atoms with van der Waals surface area (Å²) in [4.78, 5) is 12.3. The third kappa shape index (κ3) is 4.67. The highest BCUT2D eigenvalue weighted by atomic mass is 32.2. The van der Waals surface area contributed by atoms with Gasteiger partial charge in [0.25, 0.3) is 0 Å². The van der Waals surface area contributed by atoms with Gasteiger partial charge in [-0.3, -0.25) is 9.52 Å². The summed E-state index contributed by atoms with van der Waals surface area (Å²) in [6, 6.07) is 17.3. The molecular formula is C18H18N2O3S. The number of amides is 1. The maximum absolute atomic E-state index is 12.3. The fraction of sp³-hybridized carbons (Fsp3) is 0.222. The Morgan fingerprint density at radius 2 is 1.75 bits per heavy atom. The van der Waals surface area contributed by atoms with E-state index in [1.807, 2.05) is 31.2 Å². The van der Waals surface area contributed by atoms with E-state index in [1.54, 1.807) is 36.4 Å². The summed E-state index contributed by atoms with van der Waals surface area (Å²) in [5.41, 5.74) is 1.75. The van der Waals surface area contributed by atoms with E-state index in [0.29, 0.717) is 17.5 Å². The summed E-state index contributed by atoms with van der Waals surface area (Å²) in [6.07, 6.45) is 0.502. The number of rotatable bonds is 6. The molecule has 5 nitrogen and oxygen atoms in total. The van der Waals surface area contributed by atoms with Crippen LogP contribution in [-0.2, 0) is 20.6 Å². The molecule has 2 aromatic rings. The van der Waals surface area contributed by atoms with Crippen molar-refractivity contribution in [1.29, 1.82) is 5.26 Å². The van der Waals surface area contributed by atoms with Crippen molar-refractivity contribution in [3.8, 4) is 6.07 Å². The van der Waals surface area contributed by atoms with E-state index in [-0.39, 0.29) is 5.75 Å². The minimum Gasteiger partial charge on any atom is -0.273 e. The van der Waals surface area contributed by atoms with Gasteiger partial charge in [0, 0.05) is 0 Å². The van der Waals surface area contributed by atoms with Crippen LogP contribution in [0.25, 0.3) is 0 Å². The summed E-state index contributed by atoms with van der Waals surface area (Å²) in [7, 11) is -3.80. The summed E-state index contributed by atoms with van der Waals surface area (Å²) < 4.78 is 26.6. The molecule has 2 rings (SSSR count). The summed E-state index contributed by atoms with van der Waals surface area (Å²) >= 11 is 0. The minimum atomic E-state index is -3.80. The van der Waals surface area contributed by atoms with Gasteiger partial charge in [0.1, 0.15) is 0 Å². The average molecular weight is 342 g/mol. The lowest BCUT2D eigenvalue weighted by molar-refractivity contribution is -0.120. The molecule has 1 amide bonds. The van der Waals surface area contributed by atoms with Crippen LogP contribution in [0.4, 0.5) is 0 Å². The molecule has 0 aliphatic carbocycles. The average Bonchev–Trinajstić information content (AvgIpc) is 2.56. The number of hydrogen-bond donors (Lipinski definition) is 1. The molecule has 0 aromatic heterocycles. The monoisotopic (exact) mass is 342 g/mol. The second-order valence-corrected chi connectivity index (χ2v) is 7.13. The Bertz CT molecular complexity index is 838. The van der Waals surface area contributed by atoms with Crippen LogP contribution in [0.1, 0.15) is 36.0 Å². The normalized spacial score (nSPS) is 12.2. The zero-order valence-corrected chi connectivity index (χ0v) is 14.1. The molecule has 24 heavy (non-hydrogen) atoms. The first kappa shape index (κ1) is 17.7. The predicted molar refractivity (Wildman–Crippen MR) is 91.4 cm³/mol. The van der Waals surface area contributed by atoms with Crippen molar-refractivity contribution < 1.29 is 13.2 Å². The van der Waals surface area contributed by atoms with E-state index < -0.39 is 21.8 Å². The molecule has 0 aliphatic rings. The van der Waals surface area contributed by atoms with Gasteiger partial charge in [0.2, 0.25) is 15.9 Å². The molecule has 1 unspecified atom stereocenters. The lowest BCUT2D eigenvalue weighted by atomic mass is 9.96. The van der Waals surface area contributed by atoms with Crippen LogP contribution in [0.2, 0.25) is 0 Å². The second kappa shape index (κ2) is 7.75. The number of nitrogens with one attached hydrogen (secondary N) is 1. The molecule has 0 aliphatic heterocycles. The molecule has 0 saturated carbocycles.